The van der Waals surface area contributed by atoms with Crippen LogP contribution in [-0.4, -0.2) is 11.6 Å². The highest BCUT2D eigenvalue weighted by atomic mass is 19.3. The summed E-state index contributed by atoms with van der Waals surface area (Å²) in [7, 11) is 0. The maximum absolute atomic E-state index is 12.3. The molecule has 0 saturated carbocycles. The van der Waals surface area contributed by atoms with Crippen LogP contribution in [0.5, 0.6) is 5.75 Å². The third-order valence-electron chi connectivity index (χ3n) is 2.88. The van der Waals surface area contributed by atoms with E-state index in [0.717, 1.165) is 17.1 Å². The van der Waals surface area contributed by atoms with Crippen molar-refractivity contribution in [1.82, 2.24) is 4.98 Å². The summed E-state index contributed by atoms with van der Waals surface area (Å²) in [6, 6.07) is 10.6. The van der Waals surface area contributed by atoms with Gasteiger partial charge in [0.15, 0.2) is 0 Å². The molecule has 0 aliphatic rings. The molecule has 1 heterocycles. The van der Waals surface area contributed by atoms with Crippen molar-refractivity contribution in [3.63, 3.8) is 0 Å². The molecule has 1 aromatic carbocycles. The molecule has 1 aromatic heterocycles. The van der Waals surface area contributed by atoms with E-state index in [4.69, 9.17) is 0 Å². The Balaban J connectivity index is 2.10. The molecule has 1 N–H and O–H groups in total. The van der Waals surface area contributed by atoms with E-state index in [1.165, 1.54) is 6.07 Å². The van der Waals surface area contributed by atoms with Crippen LogP contribution in [0.15, 0.2) is 36.4 Å². The predicted octanol–water partition coefficient (Wildman–Crippen LogP) is 3.91. The van der Waals surface area contributed by atoms with Gasteiger partial charge >= 0.3 is 6.61 Å². The van der Waals surface area contributed by atoms with Crippen LogP contribution in [-0.2, 0) is 6.54 Å². The van der Waals surface area contributed by atoms with Crippen molar-refractivity contribution in [3.8, 4) is 5.75 Å². The molecule has 3 nitrogen and oxygen atoms in total. The van der Waals surface area contributed by atoms with Gasteiger partial charge in [0.05, 0.1) is 11.4 Å². The standard InChI is InChI=1S/C15H16F2N2O/c1-10-7-8-13(11(2)19-10)18-9-12-5-3-4-6-14(12)20-15(16)17/h3-8,15,18H,9H2,1-2H3. The number of hydrogen-bond acceptors (Lipinski definition) is 3. The molecule has 0 atom stereocenters. The van der Waals surface area contributed by atoms with Gasteiger partial charge in [-0.2, -0.15) is 8.78 Å². The monoisotopic (exact) mass is 278 g/mol. The highest BCUT2D eigenvalue weighted by Crippen LogP contribution is 2.22. The molecule has 0 radical (unpaired) electrons. The first-order chi connectivity index (χ1) is 9.56. The minimum atomic E-state index is -2.82. The van der Waals surface area contributed by atoms with E-state index >= 15 is 0 Å². The van der Waals surface area contributed by atoms with Crippen LogP contribution in [0.25, 0.3) is 0 Å². The summed E-state index contributed by atoms with van der Waals surface area (Å²) < 4.78 is 29.1. The summed E-state index contributed by atoms with van der Waals surface area (Å²) in [4.78, 5) is 4.34. The Labute approximate surface area is 116 Å². The first-order valence-corrected chi connectivity index (χ1v) is 6.27. The first kappa shape index (κ1) is 14.2. The normalized spacial score (nSPS) is 10.7. The Morgan fingerprint density at radius 2 is 1.90 bits per heavy atom. The number of anilines is 1. The van der Waals surface area contributed by atoms with Crippen molar-refractivity contribution in [2.45, 2.75) is 27.0 Å². The number of nitrogens with one attached hydrogen (secondary N) is 1. The fourth-order valence-corrected chi connectivity index (χ4v) is 1.92. The molecule has 0 amide bonds. The lowest BCUT2D eigenvalue weighted by molar-refractivity contribution is -0.0504. The number of nitrogens with zero attached hydrogens (tertiary/aromatic N) is 1. The Hall–Kier alpha value is -2.17. The summed E-state index contributed by atoms with van der Waals surface area (Å²) >= 11 is 0. The number of ether oxygens (including phenoxy) is 1. The lowest BCUT2D eigenvalue weighted by Crippen LogP contribution is -2.08. The second-order valence-electron chi connectivity index (χ2n) is 4.43. The molecule has 0 aliphatic heterocycles. The zero-order chi connectivity index (χ0) is 14.5. The largest absolute Gasteiger partial charge is 0.434 e. The molecule has 0 saturated heterocycles. The van der Waals surface area contributed by atoms with E-state index in [1.807, 2.05) is 26.0 Å². The number of rotatable bonds is 5. The Bertz CT molecular complexity index is 588. The lowest BCUT2D eigenvalue weighted by atomic mass is 10.2. The molecule has 0 bridgehead atoms. The third-order valence-corrected chi connectivity index (χ3v) is 2.88. The molecule has 0 spiro atoms. The Morgan fingerprint density at radius 1 is 1.15 bits per heavy atom. The first-order valence-electron chi connectivity index (χ1n) is 6.27. The van der Waals surface area contributed by atoms with Crippen molar-refractivity contribution in [3.05, 3.63) is 53.3 Å². The maximum atomic E-state index is 12.3. The van der Waals surface area contributed by atoms with Gasteiger partial charge in [0.2, 0.25) is 0 Å². The number of para-hydroxylation sites is 1. The second-order valence-corrected chi connectivity index (χ2v) is 4.43. The molecule has 0 unspecified atom stereocenters. The van der Waals surface area contributed by atoms with Crippen LogP contribution >= 0.6 is 0 Å². The summed E-state index contributed by atoms with van der Waals surface area (Å²) in [6.07, 6.45) is 0. The maximum Gasteiger partial charge on any atom is 0.387 e. The van der Waals surface area contributed by atoms with Crippen molar-refractivity contribution in [2.75, 3.05) is 5.32 Å². The van der Waals surface area contributed by atoms with Gasteiger partial charge < -0.3 is 10.1 Å². The van der Waals surface area contributed by atoms with E-state index in [-0.39, 0.29) is 5.75 Å². The van der Waals surface area contributed by atoms with E-state index in [9.17, 15) is 8.78 Å². The average molecular weight is 278 g/mol. The van der Waals surface area contributed by atoms with Crippen LogP contribution in [0, 0.1) is 13.8 Å². The van der Waals surface area contributed by atoms with E-state index in [1.54, 1.807) is 18.2 Å². The molecular weight excluding hydrogens is 262 g/mol. The van der Waals surface area contributed by atoms with Crippen molar-refractivity contribution >= 4 is 5.69 Å². The van der Waals surface area contributed by atoms with Gasteiger partial charge in [-0.25, -0.2) is 0 Å². The van der Waals surface area contributed by atoms with Crippen molar-refractivity contribution < 1.29 is 13.5 Å². The van der Waals surface area contributed by atoms with Gasteiger partial charge in [-0.15, -0.1) is 0 Å². The van der Waals surface area contributed by atoms with Crippen LogP contribution in [0.2, 0.25) is 0 Å². The van der Waals surface area contributed by atoms with Gasteiger partial charge in [-0.05, 0) is 32.0 Å². The van der Waals surface area contributed by atoms with Crippen LogP contribution < -0.4 is 10.1 Å². The smallest absolute Gasteiger partial charge is 0.387 e. The van der Waals surface area contributed by atoms with Gasteiger partial charge in [0, 0.05) is 17.8 Å². The van der Waals surface area contributed by atoms with Gasteiger partial charge in [0.25, 0.3) is 0 Å². The van der Waals surface area contributed by atoms with Gasteiger partial charge in [0.1, 0.15) is 5.75 Å². The van der Waals surface area contributed by atoms with Crippen molar-refractivity contribution in [2.24, 2.45) is 0 Å². The zero-order valence-electron chi connectivity index (χ0n) is 11.4. The fraction of sp³-hybridized carbons (Fsp3) is 0.267. The molecule has 20 heavy (non-hydrogen) atoms. The van der Waals surface area contributed by atoms with Crippen LogP contribution in [0.1, 0.15) is 17.0 Å². The molecule has 0 aliphatic carbocycles. The molecule has 0 fully saturated rings. The van der Waals surface area contributed by atoms with E-state index < -0.39 is 6.61 Å². The Morgan fingerprint density at radius 3 is 2.60 bits per heavy atom. The summed E-state index contributed by atoms with van der Waals surface area (Å²) in [5, 5.41) is 3.18. The number of alkyl halides is 2. The summed E-state index contributed by atoms with van der Waals surface area (Å²) in [6.45, 7) is 1.40. The number of aryl methyl sites for hydroxylation is 2. The minimum absolute atomic E-state index is 0.188. The van der Waals surface area contributed by atoms with Crippen LogP contribution in [0.4, 0.5) is 14.5 Å². The quantitative estimate of drug-likeness (QED) is 0.900. The second kappa shape index (κ2) is 6.32. The minimum Gasteiger partial charge on any atom is -0.434 e. The number of pyridine rings is 1. The third kappa shape index (κ3) is 3.66. The van der Waals surface area contributed by atoms with Gasteiger partial charge in [-0.1, -0.05) is 18.2 Å². The Kier molecular flexibility index (Phi) is 4.50. The SMILES string of the molecule is Cc1ccc(NCc2ccccc2OC(F)F)c(C)n1. The van der Waals surface area contributed by atoms with E-state index in [0.29, 0.717) is 12.1 Å². The topological polar surface area (TPSA) is 34.1 Å². The lowest BCUT2D eigenvalue weighted by Gasteiger charge is -2.13. The summed E-state index contributed by atoms with van der Waals surface area (Å²) in [5.41, 5.74) is 3.36. The molecule has 2 rings (SSSR count). The highest BCUT2D eigenvalue weighted by molar-refractivity contribution is 5.49. The molecule has 5 heteroatoms. The van der Waals surface area contributed by atoms with Crippen LogP contribution in [0.3, 0.4) is 0 Å². The predicted molar refractivity (Wildman–Crippen MR) is 74.1 cm³/mol. The summed E-state index contributed by atoms with van der Waals surface area (Å²) in [5.74, 6) is 0.188. The number of halogens is 2. The molecule has 2 aromatic rings. The number of benzene rings is 1. The number of aromatic nitrogens is 1. The molecular formula is C15H16F2N2O. The highest BCUT2D eigenvalue weighted by Gasteiger charge is 2.09. The number of hydrogen-bond donors (Lipinski definition) is 1. The van der Waals surface area contributed by atoms with E-state index in [2.05, 4.69) is 15.0 Å². The van der Waals surface area contributed by atoms with Gasteiger partial charge in [-0.3, -0.25) is 4.98 Å². The average Bonchev–Trinajstić information content (AvgIpc) is 2.39. The van der Waals surface area contributed by atoms with Crippen molar-refractivity contribution in [1.29, 1.82) is 0 Å². The zero-order valence-corrected chi connectivity index (χ0v) is 11.4. The molecule has 106 valence electrons. The fourth-order valence-electron chi connectivity index (χ4n) is 1.92.